The van der Waals surface area contributed by atoms with E-state index >= 15 is 0 Å². The van der Waals surface area contributed by atoms with Crippen molar-refractivity contribution >= 4 is 23.4 Å². The third kappa shape index (κ3) is 3.32. The molecule has 0 unspecified atom stereocenters. The number of nitrogen functional groups attached to an aromatic ring is 1. The molecule has 1 aromatic heterocycles. The van der Waals surface area contributed by atoms with Crippen LogP contribution in [0.3, 0.4) is 0 Å². The molecule has 0 aliphatic carbocycles. The Balaban J connectivity index is 1.67. The average Bonchev–Trinajstić information content (AvgIpc) is 2.94. The highest BCUT2D eigenvalue weighted by atomic mass is 16.2. The Bertz CT molecular complexity index is 732. The van der Waals surface area contributed by atoms with Gasteiger partial charge in [0.1, 0.15) is 5.82 Å². The highest BCUT2D eigenvalue weighted by Crippen LogP contribution is 2.26. The molecule has 1 aliphatic heterocycles. The third-order valence-electron chi connectivity index (χ3n) is 4.42. The summed E-state index contributed by atoms with van der Waals surface area (Å²) < 4.78 is 0. The van der Waals surface area contributed by atoms with Crippen molar-refractivity contribution in [2.24, 2.45) is 5.92 Å². The Hall–Kier alpha value is -2.63. The first-order chi connectivity index (χ1) is 11.6. The van der Waals surface area contributed by atoms with Gasteiger partial charge in [0.2, 0.25) is 11.9 Å². The van der Waals surface area contributed by atoms with Crippen LogP contribution in [0, 0.1) is 12.8 Å². The van der Waals surface area contributed by atoms with E-state index in [9.17, 15) is 4.79 Å². The molecule has 2 heterocycles. The van der Waals surface area contributed by atoms with Gasteiger partial charge in [-0.25, -0.2) is 4.98 Å². The number of nitrogens with zero attached hydrogens (tertiary/aromatic N) is 3. The molecule has 126 valence electrons. The zero-order valence-electron chi connectivity index (χ0n) is 14.1. The van der Waals surface area contributed by atoms with Crippen LogP contribution in [0.2, 0.25) is 0 Å². The van der Waals surface area contributed by atoms with Crippen LogP contribution in [0.5, 0.6) is 0 Å². The number of nitrogens with two attached hydrogens (primary N) is 1. The van der Waals surface area contributed by atoms with E-state index < -0.39 is 0 Å². The van der Waals surface area contributed by atoms with Crippen LogP contribution in [0.1, 0.15) is 24.6 Å². The van der Waals surface area contributed by atoms with Gasteiger partial charge in [0.05, 0.1) is 0 Å². The van der Waals surface area contributed by atoms with Crippen LogP contribution in [0.15, 0.2) is 30.3 Å². The van der Waals surface area contributed by atoms with Gasteiger partial charge in [-0.3, -0.25) is 4.79 Å². The fraction of sp³-hybridized carbons (Fsp3) is 0.389. The molecule has 1 aromatic carbocycles. The first-order valence-corrected chi connectivity index (χ1v) is 8.30. The van der Waals surface area contributed by atoms with Crippen molar-refractivity contribution < 1.29 is 4.79 Å². The molecule has 1 aliphatic rings. The van der Waals surface area contributed by atoms with Crippen molar-refractivity contribution in [2.45, 2.75) is 26.7 Å². The first kappa shape index (κ1) is 16.2. The Morgan fingerprint density at radius 2 is 2.04 bits per heavy atom. The van der Waals surface area contributed by atoms with Crippen molar-refractivity contribution in [3.05, 3.63) is 41.6 Å². The van der Waals surface area contributed by atoms with Crippen molar-refractivity contribution in [3.8, 4) is 0 Å². The Labute approximate surface area is 142 Å². The van der Waals surface area contributed by atoms with Gasteiger partial charge < -0.3 is 16.0 Å². The maximum absolute atomic E-state index is 12.3. The van der Waals surface area contributed by atoms with Gasteiger partial charge in [-0.15, -0.1) is 0 Å². The van der Waals surface area contributed by atoms with E-state index in [0.29, 0.717) is 13.0 Å². The van der Waals surface area contributed by atoms with Gasteiger partial charge in [0, 0.05) is 42.4 Å². The number of anilines is 3. The van der Waals surface area contributed by atoms with Crippen LogP contribution in [-0.4, -0.2) is 29.0 Å². The van der Waals surface area contributed by atoms with Gasteiger partial charge in [-0.05, 0) is 25.5 Å². The number of aryl methyl sites for hydroxylation is 1. The Morgan fingerprint density at radius 1 is 1.29 bits per heavy atom. The van der Waals surface area contributed by atoms with Crippen molar-refractivity contribution in [2.75, 3.05) is 29.0 Å². The van der Waals surface area contributed by atoms with Crippen molar-refractivity contribution in [3.63, 3.8) is 0 Å². The summed E-state index contributed by atoms with van der Waals surface area (Å²) in [6, 6.07) is 9.80. The average molecular weight is 325 g/mol. The number of para-hydroxylation sites is 1. The molecule has 24 heavy (non-hydrogen) atoms. The maximum Gasteiger partial charge on any atom is 0.227 e. The molecule has 3 N–H and O–H groups in total. The second-order valence-corrected chi connectivity index (χ2v) is 6.14. The summed E-state index contributed by atoms with van der Waals surface area (Å²) in [4.78, 5) is 22.7. The zero-order valence-corrected chi connectivity index (χ0v) is 14.1. The van der Waals surface area contributed by atoms with Gasteiger partial charge in [0.25, 0.3) is 0 Å². The summed E-state index contributed by atoms with van der Waals surface area (Å²) in [5.74, 6) is 1.48. The fourth-order valence-electron chi connectivity index (χ4n) is 3.20. The maximum atomic E-state index is 12.3. The smallest absolute Gasteiger partial charge is 0.227 e. The summed E-state index contributed by atoms with van der Waals surface area (Å²) >= 11 is 0. The van der Waals surface area contributed by atoms with Crippen LogP contribution < -0.4 is 16.0 Å². The Morgan fingerprint density at radius 3 is 2.75 bits per heavy atom. The molecule has 1 atom stereocenters. The number of benzene rings is 1. The number of amides is 1. The van der Waals surface area contributed by atoms with Gasteiger partial charge in [0.15, 0.2) is 0 Å². The predicted octanol–water partition coefficient (Wildman–Crippen LogP) is 2.39. The highest BCUT2D eigenvalue weighted by Gasteiger charge is 2.30. The molecule has 0 bridgehead atoms. The van der Waals surface area contributed by atoms with Crippen molar-refractivity contribution in [1.82, 2.24) is 9.97 Å². The lowest BCUT2D eigenvalue weighted by Gasteiger charge is -2.18. The quantitative estimate of drug-likeness (QED) is 0.882. The summed E-state index contributed by atoms with van der Waals surface area (Å²) in [7, 11) is 0. The minimum absolute atomic E-state index is 0.169. The fourth-order valence-corrected chi connectivity index (χ4v) is 3.20. The van der Waals surface area contributed by atoms with Crippen LogP contribution in [0.25, 0.3) is 0 Å². The van der Waals surface area contributed by atoms with E-state index in [1.807, 2.05) is 42.2 Å². The topological polar surface area (TPSA) is 84.1 Å². The van der Waals surface area contributed by atoms with Gasteiger partial charge in [-0.1, -0.05) is 25.1 Å². The van der Waals surface area contributed by atoms with E-state index in [4.69, 9.17) is 5.73 Å². The van der Waals surface area contributed by atoms with E-state index in [-0.39, 0.29) is 17.8 Å². The molecular formula is C18H23N5O. The second kappa shape index (κ2) is 6.86. The third-order valence-corrected chi connectivity index (χ3v) is 4.42. The number of nitrogens with one attached hydrogen (secondary N) is 1. The molecule has 6 heteroatoms. The molecular weight excluding hydrogens is 302 g/mol. The van der Waals surface area contributed by atoms with Crippen molar-refractivity contribution in [1.29, 1.82) is 0 Å². The molecule has 1 saturated heterocycles. The molecule has 3 rings (SSSR count). The minimum Gasteiger partial charge on any atom is -0.369 e. The SMILES string of the molecule is CCc1c(C)nc(N)nc1NC[C@H]1CC(=O)N(c2ccccc2)C1. The largest absolute Gasteiger partial charge is 0.369 e. The summed E-state index contributed by atoms with van der Waals surface area (Å²) in [5, 5.41) is 3.37. The number of carbonyl (C=O) groups excluding carboxylic acids is 1. The number of hydrogen-bond acceptors (Lipinski definition) is 5. The molecule has 0 radical (unpaired) electrons. The van der Waals surface area contributed by atoms with E-state index in [1.165, 1.54) is 0 Å². The van der Waals surface area contributed by atoms with E-state index in [1.54, 1.807) is 0 Å². The first-order valence-electron chi connectivity index (χ1n) is 8.30. The van der Waals surface area contributed by atoms with Crippen LogP contribution in [-0.2, 0) is 11.2 Å². The molecule has 0 spiro atoms. The molecule has 0 saturated carbocycles. The lowest BCUT2D eigenvalue weighted by atomic mass is 10.1. The van der Waals surface area contributed by atoms with E-state index in [2.05, 4.69) is 22.2 Å². The number of rotatable bonds is 5. The lowest BCUT2D eigenvalue weighted by molar-refractivity contribution is -0.117. The molecule has 6 nitrogen and oxygen atoms in total. The summed E-state index contributed by atoms with van der Waals surface area (Å²) in [6.45, 7) is 5.43. The van der Waals surface area contributed by atoms with Gasteiger partial charge >= 0.3 is 0 Å². The van der Waals surface area contributed by atoms with Gasteiger partial charge in [-0.2, -0.15) is 4.98 Å². The van der Waals surface area contributed by atoms with E-state index in [0.717, 1.165) is 35.7 Å². The molecule has 1 amide bonds. The summed E-state index contributed by atoms with van der Waals surface area (Å²) in [6.07, 6.45) is 1.39. The Kier molecular flexibility index (Phi) is 4.64. The zero-order chi connectivity index (χ0) is 17.1. The minimum atomic E-state index is 0.169. The monoisotopic (exact) mass is 325 g/mol. The predicted molar refractivity (Wildman–Crippen MR) is 96.0 cm³/mol. The van der Waals surface area contributed by atoms with Crippen LogP contribution >= 0.6 is 0 Å². The molecule has 1 fully saturated rings. The highest BCUT2D eigenvalue weighted by molar-refractivity contribution is 5.95. The number of hydrogen-bond donors (Lipinski definition) is 2. The normalized spacial score (nSPS) is 17.3. The molecule has 2 aromatic rings. The lowest BCUT2D eigenvalue weighted by Crippen LogP contribution is -2.25. The summed E-state index contributed by atoms with van der Waals surface area (Å²) in [5.41, 5.74) is 8.70. The second-order valence-electron chi connectivity index (χ2n) is 6.14. The number of aromatic nitrogens is 2. The van der Waals surface area contributed by atoms with Crippen LogP contribution in [0.4, 0.5) is 17.5 Å². The standard InChI is InChI=1S/C18H23N5O/c1-3-15-12(2)21-18(19)22-17(15)20-10-13-9-16(24)23(11-13)14-7-5-4-6-8-14/h4-8,13H,3,9-11H2,1-2H3,(H3,19,20,21,22)/t13-/m1/s1. The number of carbonyl (C=O) groups is 1.